The molecule has 2 unspecified atom stereocenters. The number of hydrogen-bond donors (Lipinski definition) is 4. The number of benzene rings is 1. The molecule has 0 heterocycles. The third kappa shape index (κ3) is 2.33. The molecule has 1 aromatic rings. The predicted octanol–water partition coefficient (Wildman–Crippen LogP) is -0.409. The Morgan fingerprint density at radius 1 is 1.33 bits per heavy atom. The summed E-state index contributed by atoms with van der Waals surface area (Å²) in [6.45, 7) is -0.630. The Morgan fingerprint density at radius 3 is 2.53 bits per heavy atom. The van der Waals surface area contributed by atoms with Gasteiger partial charge in [0.15, 0.2) is 6.29 Å². The van der Waals surface area contributed by atoms with Crippen molar-refractivity contribution in [2.75, 3.05) is 6.61 Å². The molecule has 0 aromatic heterocycles. The first kappa shape index (κ1) is 11.6. The van der Waals surface area contributed by atoms with E-state index >= 15 is 0 Å². The highest BCUT2D eigenvalue weighted by Crippen LogP contribution is 2.26. The van der Waals surface area contributed by atoms with Gasteiger partial charge in [-0.25, -0.2) is 0 Å². The molecule has 5 nitrogen and oxygen atoms in total. The van der Waals surface area contributed by atoms with Crippen molar-refractivity contribution in [2.45, 2.75) is 12.2 Å². The van der Waals surface area contributed by atoms with Crippen LogP contribution in [-0.4, -0.2) is 39.4 Å². The number of rotatable bonds is 4. The van der Waals surface area contributed by atoms with E-state index in [1.807, 2.05) is 0 Å². The van der Waals surface area contributed by atoms with Crippen molar-refractivity contribution < 1.29 is 25.2 Å². The second kappa shape index (κ2) is 4.88. The van der Waals surface area contributed by atoms with Crippen molar-refractivity contribution in [3.05, 3.63) is 29.3 Å². The lowest BCUT2D eigenvalue weighted by molar-refractivity contribution is -0.0155. The van der Waals surface area contributed by atoms with Gasteiger partial charge in [-0.05, 0) is 11.6 Å². The standard InChI is InChI=1S/C10H12O5/c11-4-7-6(2-1-3-8(7)13)10(15)9(14)5-12/h1-4,9-10,12-15H,5H2. The maximum Gasteiger partial charge on any atom is 0.154 e. The maximum absolute atomic E-state index is 10.6. The van der Waals surface area contributed by atoms with Crippen LogP contribution in [0.1, 0.15) is 22.0 Å². The smallest absolute Gasteiger partial charge is 0.154 e. The van der Waals surface area contributed by atoms with Gasteiger partial charge in [0.2, 0.25) is 0 Å². The van der Waals surface area contributed by atoms with Crippen LogP contribution in [0.5, 0.6) is 5.75 Å². The molecule has 1 rings (SSSR count). The first-order valence-corrected chi connectivity index (χ1v) is 4.35. The van der Waals surface area contributed by atoms with E-state index in [9.17, 15) is 20.1 Å². The molecule has 1 aromatic carbocycles. The lowest BCUT2D eigenvalue weighted by Crippen LogP contribution is -2.23. The molecule has 0 aliphatic rings. The van der Waals surface area contributed by atoms with Gasteiger partial charge in [0, 0.05) is 0 Å². The molecule has 5 heteroatoms. The van der Waals surface area contributed by atoms with E-state index in [0.29, 0.717) is 6.29 Å². The van der Waals surface area contributed by atoms with Crippen LogP contribution < -0.4 is 0 Å². The summed E-state index contributed by atoms with van der Waals surface area (Å²) in [4.78, 5) is 10.6. The van der Waals surface area contributed by atoms with Gasteiger partial charge >= 0.3 is 0 Å². The fourth-order valence-corrected chi connectivity index (χ4v) is 1.26. The monoisotopic (exact) mass is 212 g/mol. The van der Waals surface area contributed by atoms with Crippen molar-refractivity contribution in [2.24, 2.45) is 0 Å². The molecule has 0 radical (unpaired) electrons. The average molecular weight is 212 g/mol. The maximum atomic E-state index is 10.6. The van der Waals surface area contributed by atoms with Gasteiger partial charge in [0.1, 0.15) is 18.0 Å². The second-order valence-corrected chi connectivity index (χ2v) is 3.09. The van der Waals surface area contributed by atoms with Gasteiger partial charge in [0.05, 0.1) is 12.2 Å². The summed E-state index contributed by atoms with van der Waals surface area (Å²) in [6.07, 6.45) is -2.40. The van der Waals surface area contributed by atoms with Crippen molar-refractivity contribution >= 4 is 6.29 Å². The highest BCUT2D eigenvalue weighted by molar-refractivity contribution is 5.81. The highest BCUT2D eigenvalue weighted by Gasteiger charge is 2.21. The summed E-state index contributed by atoms with van der Waals surface area (Å²) in [6, 6.07) is 4.13. The molecule has 0 bridgehead atoms. The second-order valence-electron chi connectivity index (χ2n) is 3.09. The Bertz CT molecular complexity index is 350. The zero-order valence-corrected chi connectivity index (χ0v) is 7.87. The number of phenols is 1. The van der Waals surface area contributed by atoms with Crippen molar-refractivity contribution in [1.29, 1.82) is 0 Å². The van der Waals surface area contributed by atoms with Gasteiger partial charge in [-0.3, -0.25) is 4.79 Å². The number of aldehydes is 1. The number of aliphatic hydroxyl groups is 3. The fourth-order valence-electron chi connectivity index (χ4n) is 1.26. The van der Waals surface area contributed by atoms with Crippen LogP contribution in [-0.2, 0) is 0 Å². The van der Waals surface area contributed by atoms with Crippen LogP contribution >= 0.6 is 0 Å². The number of aromatic hydroxyl groups is 1. The summed E-state index contributed by atoms with van der Waals surface area (Å²) >= 11 is 0. The van der Waals surface area contributed by atoms with Gasteiger partial charge in [0.25, 0.3) is 0 Å². The van der Waals surface area contributed by atoms with Crippen LogP contribution in [0, 0.1) is 0 Å². The molecule has 0 aliphatic heterocycles. The van der Waals surface area contributed by atoms with Crippen LogP contribution in [0.2, 0.25) is 0 Å². The number of hydrogen-bond acceptors (Lipinski definition) is 5. The molecule has 0 aliphatic carbocycles. The van der Waals surface area contributed by atoms with E-state index in [1.165, 1.54) is 18.2 Å². The minimum absolute atomic E-state index is 0.0856. The molecule has 82 valence electrons. The zero-order valence-electron chi connectivity index (χ0n) is 7.87. The van der Waals surface area contributed by atoms with Crippen molar-refractivity contribution in [3.63, 3.8) is 0 Å². The largest absolute Gasteiger partial charge is 0.507 e. The zero-order chi connectivity index (χ0) is 11.4. The molecular formula is C10H12O5. The SMILES string of the molecule is O=Cc1c(O)cccc1C(O)C(O)CO. The highest BCUT2D eigenvalue weighted by atomic mass is 16.4. The Kier molecular flexibility index (Phi) is 3.79. The molecule has 0 amide bonds. The average Bonchev–Trinajstić information content (AvgIpc) is 2.26. The van der Waals surface area contributed by atoms with E-state index in [0.717, 1.165) is 0 Å². The number of aliphatic hydroxyl groups excluding tert-OH is 3. The summed E-state index contributed by atoms with van der Waals surface area (Å²) in [5.74, 6) is -0.272. The van der Waals surface area contributed by atoms with Crippen LogP contribution in [0.25, 0.3) is 0 Å². The quantitative estimate of drug-likeness (QED) is 0.509. The fraction of sp³-hybridized carbons (Fsp3) is 0.300. The Balaban J connectivity index is 3.13. The molecule has 0 saturated carbocycles. The Hall–Kier alpha value is -1.43. The van der Waals surface area contributed by atoms with Gasteiger partial charge in [-0.15, -0.1) is 0 Å². The molecule has 15 heavy (non-hydrogen) atoms. The van der Waals surface area contributed by atoms with E-state index in [-0.39, 0.29) is 16.9 Å². The lowest BCUT2D eigenvalue weighted by Gasteiger charge is -2.17. The minimum Gasteiger partial charge on any atom is -0.507 e. The lowest BCUT2D eigenvalue weighted by atomic mass is 9.99. The third-order valence-corrected chi connectivity index (χ3v) is 2.10. The summed E-state index contributed by atoms with van der Waals surface area (Å²) < 4.78 is 0. The summed E-state index contributed by atoms with van der Waals surface area (Å²) in [5.41, 5.74) is 0.00375. The van der Waals surface area contributed by atoms with Gasteiger partial charge in [-0.1, -0.05) is 12.1 Å². The minimum atomic E-state index is -1.40. The molecule has 0 fully saturated rings. The van der Waals surface area contributed by atoms with E-state index < -0.39 is 18.8 Å². The van der Waals surface area contributed by atoms with Crippen LogP contribution in [0.15, 0.2) is 18.2 Å². The van der Waals surface area contributed by atoms with Crippen LogP contribution in [0.4, 0.5) is 0 Å². The predicted molar refractivity (Wildman–Crippen MR) is 51.5 cm³/mol. The normalized spacial score (nSPS) is 14.6. The number of phenolic OH excluding ortho intramolecular Hbond substituents is 1. The van der Waals surface area contributed by atoms with Crippen LogP contribution in [0.3, 0.4) is 0 Å². The summed E-state index contributed by atoms with van der Waals surface area (Å²) in [7, 11) is 0. The summed E-state index contributed by atoms with van der Waals surface area (Å²) in [5, 5.41) is 36.7. The van der Waals surface area contributed by atoms with Gasteiger partial charge in [-0.2, -0.15) is 0 Å². The van der Waals surface area contributed by atoms with E-state index in [4.69, 9.17) is 5.11 Å². The number of carbonyl (C=O) groups excluding carboxylic acids is 1. The van der Waals surface area contributed by atoms with E-state index in [1.54, 1.807) is 0 Å². The third-order valence-electron chi connectivity index (χ3n) is 2.10. The van der Waals surface area contributed by atoms with Crippen molar-refractivity contribution in [1.82, 2.24) is 0 Å². The van der Waals surface area contributed by atoms with Crippen molar-refractivity contribution in [3.8, 4) is 5.75 Å². The molecule has 0 spiro atoms. The molecule has 4 N–H and O–H groups in total. The Labute approximate surface area is 86.2 Å². The topological polar surface area (TPSA) is 98.0 Å². The Morgan fingerprint density at radius 2 is 2.00 bits per heavy atom. The molecular weight excluding hydrogens is 200 g/mol. The first-order valence-electron chi connectivity index (χ1n) is 4.35. The van der Waals surface area contributed by atoms with Gasteiger partial charge < -0.3 is 20.4 Å². The molecule has 2 atom stereocenters. The number of carbonyl (C=O) groups is 1. The van der Waals surface area contributed by atoms with E-state index in [2.05, 4.69) is 0 Å². The first-order chi connectivity index (χ1) is 7.11. The molecule has 0 saturated heterocycles.